The number of aliphatic hydroxyl groups excluding tert-OH is 1. The van der Waals surface area contributed by atoms with E-state index < -0.39 is 10.0 Å². The highest BCUT2D eigenvalue weighted by Crippen LogP contribution is 2.43. The van der Waals surface area contributed by atoms with Gasteiger partial charge < -0.3 is 9.84 Å². The zero-order valence-corrected chi connectivity index (χ0v) is 20.5. The molecule has 178 valence electrons. The Labute approximate surface area is 198 Å². The quantitative estimate of drug-likeness (QED) is 0.560. The third-order valence-corrected chi connectivity index (χ3v) is 6.21. The average Bonchev–Trinajstić information content (AvgIpc) is 3.08. The van der Waals surface area contributed by atoms with Crippen molar-refractivity contribution in [3.05, 3.63) is 54.1 Å². The number of fused-ring (bicyclic) bond motifs is 1. The number of amides is 1. The molecule has 0 spiro atoms. The molecule has 0 bridgehead atoms. The Bertz CT molecular complexity index is 1440. The maximum Gasteiger partial charge on any atom is 0.297 e. The number of carbonyl (C=O) groups is 1. The number of aliphatic imine (C=N–C) groups is 1. The van der Waals surface area contributed by atoms with Crippen LogP contribution in [0.3, 0.4) is 0 Å². The van der Waals surface area contributed by atoms with Crippen LogP contribution in [0.4, 0.5) is 11.4 Å². The number of amidine groups is 1. The van der Waals surface area contributed by atoms with Crippen LogP contribution in [0.25, 0.3) is 21.9 Å². The fourth-order valence-electron chi connectivity index (χ4n) is 4.08. The van der Waals surface area contributed by atoms with Crippen LogP contribution < -0.4 is 14.4 Å². The van der Waals surface area contributed by atoms with Crippen molar-refractivity contribution in [1.82, 2.24) is 0 Å². The van der Waals surface area contributed by atoms with Crippen LogP contribution in [0.2, 0.25) is 0 Å². The fourth-order valence-corrected chi connectivity index (χ4v) is 4.63. The lowest BCUT2D eigenvalue weighted by Crippen LogP contribution is -2.32. The molecule has 2 N–H and O–H groups in total. The maximum absolute atomic E-state index is 12.4. The topological polar surface area (TPSA) is 108 Å². The Morgan fingerprint density at radius 3 is 2.32 bits per heavy atom. The van der Waals surface area contributed by atoms with Gasteiger partial charge in [0.1, 0.15) is 12.3 Å². The monoisotopic (exact) mass is 481 g/mol. The van der Waals surface area contributed by atoms with Gasteiger partial charge in [-0.05, 0) is 52.1 Å². The molecule has 34 heavy (non-hydrogen) atoms. The zero-order valence-electron chi connectivity index (χ0n) is 19.7. The standard InChI is InChI=1S/C25H27N3O5S/c1-25(2,3)21-13-19(28-22(29)14-26-24(28)30)12-20(23(21)33-4)17-7-6-16-11-18(27-34(5,31)32)9-8-15(16)10-17/h6-13,27H,14H2,1-5H3,(H,26,30). The van der Waals surface area contributed by atoms with Gasteiger partial charge in [-0.2, -0.15) is 0 Å². The predicted octanol–water partition coefficient (Wildman–Crippen LogP) is 4.45. The molecule has 0 radical (unpaired) electrons. The third kappa shape index (κ3) is 4.56. The Morgan fingerprint density at radius 2 is 1.74 bits per heavy atom. The van der Waals surface area contributed by atoms with Crippen LogP contribution in [0.5, 0.6) is 5.75 Å². The molecule has 1 amide bonds. The van der Waals surface area contributed by atoms with Crippen molar-refractivity contribution in [3.63, 3.8) is 0 Å². The number of sulfonamides is 1. The van der Waals surface area contributed by atoms with Crippen LogP contribution in [-0.2, 0) is 20.2 Å². The van der Waals surface area contributed by atoms with E-state index in [2.05, 4.69) is 30.5 Å². The molecule has 3 aromatic rings. The molecule has 9 heteroatoms. The van der Waals surface area contributed by atoms with Gasteiger partial charge in [0.05, 0.1) is 19.1 Å². The molecule has 1 heterocycles. The normalized spacial score (nSPS) is 14.4. The molecule has 4 rings (SSSR count). The molecule has 0 saturated carbocycles. The molecule has 3 aromatic carbocycles. The summed E-state index contributed by atoms with van der Waals surface area (Å²) in [5, 5.41) is 12.0. The van der Waals surface area contributed by atoms with Gasteiger partial charge in [0.15, 0.2) is 0 Å². The number of nitrogens with one attached hydrogen (secondary N) is 1. The number of nitrogens with zero attached hydrogens (tertiary/aromatic N) is 2. The first-order valence-corrected chi connectivity index (χ1v) is 12.6. The summed E-state index contributed by atoms with van der Waals surface area (Å²) >= 11 is 0. The molecule has 8 nitrogen and oxygen atoms in total. The highest BCUT2D eigenvalue weighted by molar-refractivity contribution is 7.92. The first kappa shape index (κ1) is 23.6. The SMILES string of the molecule is COc1c(-c2ccc3cc(NS(C)(=O)=O)ccc3c2)cc(N2C(=O)CN=C2O)cc1C(C)(C)C. The van der Waals surface area contributed by atoms with E-state index in [9.17, 15) is 18.3 Å². The van der Waals surface area contributed by atoms with Crippen molar-refractivity contribution in [3.8, 4) is 16.9 Å². The number of ether oxygens (including phenoxy) is 1. The van der Waals surface area contributed by atoms with Crippen molar-refractivity contribution in [1.29, 1.82) is 0 Å². The molecule has 0 atom stereocenters. The van der Waals surface area contributed by atoms with Crippen LogP contribution in [0.15, 0.2) is 53.5 Å². The Balaban J connectivity index is 1.90. The summed E-state index contributed by atoms with van der Waals surface area (Å²) in [5.41, 5.74) is 3.18. The number of hydrogen-bond acceptors (Lipinski definition) is 5. The number of hydrogen-bond donors (Lipinski definition) is 2. The summed E-state index contributed by atoms with van der Waals surface area (Å²) in [6, 6.07) is 14.4. The van der Waals surface area contributed by atoms with Crippen molar-refractivity contribution < 1.29 is 23.1 Å². The summed E-state index contributed by atoms with van der Waals surface area (Å²) in [6.45, 7) is 6.05. The minimum absolute atomic E-state index is 0.0993. The molecule has 0 fully saturated rings. The maximum atomic E-state index is 12.4. The first-order valence-electron chi connectivity index (χ1n) is 10.7. The van der Waals surface area contributed by atoms with Crippen molar-refractivity contribution >= 4 is 44.1 Å². The Kier molecular flexibility index (Phi) is 5.77. The summed E-state index contributed by atoms with van der Waals surface area (Å²) in [7, 11) is -1.77. The minimum Gasteiger partial charge on any atom is -0.496 e. The number of benzene rings is 3. The van der Waals surface area contributed by atoms with E-state index in [-0.39, 0.29) is 23.9 Å². The lowest BCUT2D eigenvalue weighted by atomic mass is 9.83. The average molecular weight is 482 g/mol. The van der Waals surface area contributed by atoms with E-state index in [0.29, 0.717) is 17.1 Å². The van der Waals surface area contributed by atoms with Crippen molar-refractivity contribution in [2.75, 3.05) is 29.5 Å². The summed E-state index contributed by atoms with van der Waals surface area (Å²) in [5.74, 6) is 0.368. The first-order chi connectivity index (χ1) is 15.9. The second-order valence-electron chi connectivity index (χ2n) is 9.32. The highest BCUT2D eigenvalue weighted by atomic mass is 32.2. The summed E-state index contributed by atoms with van der Waals surface area (Å²) in [6.07, 6.45) is 1.11. The van der Waals surface area contributed by atoms with E-state index in [4.69, 9.17) is 4.74 Å². The van der Waals surface area contributed by atoms with Crippen molar-refractivity contribution in [2.45, 2.75) is 26.2 Å². The Hall–Kier alpha value is -3.59. The van der Waals surface area contributed by atoms with Crippen LogP contribution in [0.1, 0.15) is 26.3 Å². The summed E-state index contributed by atoms with van der Waals surface area (Å²) in [4.78, 5) is 17.5. The van der Waals surface area contributed by atoms with Gasteiger partial charge in [0, 0.05) is 16.8 Å². The van der Waals surface area contributed by atoms with Gasteiger partial charge in [-0.3, -0.25) is 9.52 Å². The molecule has 0 aromatic heterocycles. The van der Waals surface area contributed by atoms with E-state index >= 15 is 0 Å². The second kappa shape index (κ2) is 8.32. The van der Waals surface area contributed by atoms with Gasteiger partial charge >= 0.3 is 0 Å². The van der Waals surface area contributed by atoms with E-state index in [0.717, 1.165) is 33.7 Å². The van der Waals surface area contributed by atoms with Crippen molar-refractivity contribution in [2.24, 2.45) is 4.99 Å². The molecule has 0 unspecified atom stereocenters. The Morgan fingerprint density at radius 1 is 1.06 bits per heavy atom. The summed E-state index contributed by atoms with van der Waals surface area (Å²) < 4.78 is 31.5. The largest absolute Gasteiger partial charge is 0.496 e. The van der Waals surface area contributed by atoms with Gasteiger partial charge in [-0.15, -0.1) is 0 Å². The lowest BCUT2D eigenvalue weighted by Gasteiger charge is -2.27. The van der Waals surface area contributed by atoms with Crippen LogP contribution in [-0.4, -0.2) is 45.4 Å². The van der Waals surface area contributed by atoms with Crippen LogP contribution >= 0.6 is 0 Å². The van der Waals surface area contributed by atoms with Gasteiger partial charge in [0.2, 0.25) is 10.0 Å². The van der Waals surface area contributed by atoms with E-state index in [1.54, 1.807) is 19.2 Å². The molecular weight excluding hydrogens is 454 g/mol. The van der Waals surface area contributed by atoms with Crippen LogP contribution in [0, 0.1) is 0 Å². The number of methoxy groups -OCH3 is 1. The predicted molar refractivity (Wildman–Crippen MR) is 136 cm³/mol. The second-order valence-corrected chi connectivity index (χ2v) is 11.1. The fraction of sp³-hybridized carbons (Fsp3) is 0.280. The number of aliphatic hydroxyl groups is 1. The lowest BCUT2D eigenvalue weighted by molar-refractivity contribution is -0.115. The van der Waals surface area contributed by atoms with E-state index in [1.165, 1.54) is 4.90 Å². The smallest absolute Gasteiger partial charge is 0.297 e. The number of carbonyl (C=O) groups excluding carboxylic acids is 1. The number of rotatable bonds is 5. The molecule has 0 aliphatic carbocycles. The molecular formula is C25H27N3O5S. The highest BCUT2D eigenvalue weighted by Gasteiger charge is 2.31. The van der Waals surface area contributed by atoms with Gasteiger partial charge in [-0.1, -0.05) is 39.0 Å². The molecule has 0 saturated heterocycles. The van der Waals surface area contributed by atoms with Gasteiger partial charge in [0.25, 0.3) is 11.9 Å². The third-order valence-electron chi connectivity index (χ3n) is 5.60. The zero-order chi connectivity index (χ0) is 24.8. The van der Waals surface area contributed by atoms with Gasteiger partial charge in [-0.25, -0.2) is 18.3 Å². The molecule has 1 aliphatic rings. The minimum atomic E-state index is -3.38. The number of anilines is 2. The molecule has 1 aliphatic heterocycles. The van der Waals surface area contributed by atoms with E-state index in [1.807, 2.05) is 36.4 Å².